The van der Waals surface area contributed by atoms with Crippen molar-refractivity contribution >= 4 is 45.0 Å². The fourth-order valence-corrected chi connectivity index (χ4v) is 2.74. The minimum absolute atomic E-state index is 0.191. The highest BCUT2D eigenvalue weighted by Crippen LogP contribution is 2.21. The first-order valence-corrected chi connectivity index (χ1v) is 6.98. The number of carbonyl (C=O) groups excluding carboxylic acids is 3. The summed E-state index contributed by atoms with van der Waals surface area (Å²) in [6.07, 6.45) is 0.383. The molecule has 3 rings (SSSR count). The van der Waals surface area contributed by atoms with E-state index in [1.807, 2.05) is 6.07 Å². The molecule has 0 unspecified atom stereocenters. The average molecular weight is 289 g/mol. The monoisotopic (exact) mass is 289 g/mol. The lowest BCUT2D eigenvalue weighted by molar-refractivity contribution is -0.141. The van der Waals surface area contributed by atoms with Gasteiger partial charge in [0.25, 0.3) is 0 Å². The number of anilines is 1. The molecule has 0 radical (unpaired) electrons. The van der Waals surface area contributed by atoms with Gasteiger partial charge in [0.2, 0.25) is 17.7 Å². The van der Waals surface area contributed by atoms with Crippen LogP contribution in [0.2, 0.25) is 0 Å². The number of likely N-dealkylation sites (tertiary alicyclic amines) is 1. The van der Waals surface area contributed by atoms with E-state index in [0.29, 0.717) is 5.69 Å². The summed E-state index contributed by atoms with van der Waals surface area (Å²) in [4.78, 5) is 39.9. The summed E-state index contributed by atoms with van der Waals surface area (Å²) in [5, 5.41) is 2.67. The number of aromatic nitrogens is 1. The van der Waals surface area contributed by atoms with E-state index in [1.54, 1.807) is 17.6 Å². The first kappa shape index (κ1) is 12.7. The van der Waals surface area contributed by atoms with Gasteiger partial charge in [0.05, 0.1) is 15.7 Å². The lowest BCUT2D eigenvalue weighted by Gasteiger charge is -2.13. The summed E-state index contributed by atoms with van der Waals surface area (Å²) in [5.74, 6) is -0.969. The van der Waals surface area contributed by atoms with Crippen LogP contribution < -0.4 is 5.32 Å². The molecule has 3 amide bonds. The second-order valence-electron chi connectivity index (χ2n) is 4.46. The van der Waals surface area contributed by atoms with Crippen molar-refractivity contribution in [1.82, 2.24) is 9.88 Å². The quantitative estimate of drug-likeness (QED) is 0.866. The lowest BCUT2D eigenvalue weighted by Crippen LogP contribution is -2.36. The summed E-state index contributed by atoms with van der Waals surface area (Å²) in [7, 11) is 0. The summed E-state index contributed by atoms with van der Waals surface area (Å²) < 4.78 is 1.04. The van der Waals surface area contributed by atoms with Gasteiger partial charge < -0.3 is 5.32 Å². The molecule has 0 spiro atoms. The second-order valence-corrected chi connectivity index (χ2v) is 5.34. The van der Waals surface area contributed by atoms with Gasteiger partial charge in [-0.25, -0.2) is 4.98 Å². The Morgan fingerprint density at radius 1 is 1.30 bits per heavy atom. The zero-order chi connectivity index (χ0) is 14.1. The standard InChI is InChI=1S/C13H11N3O3S/c17-11(6-16-12(18)3-4-13(16)19)15-8-1-2-10-9(5-8)14-7-20-10/h1-2,5,7H,3-4,6H2,(H,15,17). The van der Waals surface area contributed by atoms with E-state index in [-0.39, 0.29) is 37.1 Å². The third-order valence-electron chi connectivity index (χ3n) is 3.07. The van der Waals surface area contributed by atoms with Crippen molar-refractivity contribution < 1.29 is 14.4 Å². The van der Waals surface area contributed by atoms with Crippen molar-refractivity contribution in [2.75, 3.05) is 11.9 Å². The fourth-order valence-electron chi connectivity index (χ4n) is 2.08. The van der Waals surface area contributed by atoms with Gasteiger partial charge in [-0.15, -0.1) is 11.3 Å². The zero-order valence-electron chi connectivity index (χ0n) is 10.5. The third kappa shape index (κ3) is 2.39. The molecule has 1 aromatic heterocycles. The number of fused-ring (bicyclic) bond motifs is 1. The number of nitrogens with one attached hydrogen (secondary N) is 1. The van der Waals surface area contributed by atoms with E-state index >= 15 is 0 Å². The minimum atomic E-state index is -0.386. The van der Waals surface area contributed by atoms with E-state index in [4.69, 9.17) is 0 Å². The molecule has 1 N–H and O–H groups in total. The zero-order valence-corrected chi connectivity index (χ0v) is 11.3. The Hall–Kier alpha value is -2.28. The van der Waals surface area contributed by atoms with Crippen LogP contribution in [0, 0.1) is 0 Å². The molecule has 7 heteroatoms. The molecular weight excluding hydrogens is 278 g/mol. The Labute approximate surface area is 118 Å². The van der Waals surface area contributed by atoms with Crippen molar-refractivity contribution in [1.29, 1.82) is 0 Å². The van der Waals surface area contributed by atoms with Gasteiger partial charge in [-0.2, -0.15) is 0 Å². The molecular formula is C13H11N3O3S. The SMILES string of the molecule is O=C(CN1C(=O)CCC1=O)Nc1ccc2scnc2c1. The number of hydrogen-bond donors (Lipinski definition) is 1. The molecule has 1 saturated heterocycles. The van der Waals surface area contributed by atoms with Gasteiger partial charge >= 0.3 is 0 Å². The van der Waals surface area contributed by atoms with Crippen LogP contribution in [0.5, 0.6) is 0 Å². The van der Waals surface area contributed by atoms with E-state index in [9.17, 15) is 14.4 Å². The highest BCUT2D eigenvalue weighted by Gasteiger charge is 2.30. The molecule has 102 valence electrons. The molecule has 6 nitrogen and oxygen atoms in total. The van der Waals surface area contributed by atoms with Crippen LogP contribution >= 0.6 is 11.3 Å². The molecule has 0 bridgehead atoms. The van der Waals surface area contributed by atoms with E-state index in [0.717, 1.165) is 15.1 Å². The Balaban J connectivity index is 1.69. The van der Waals surface area contributed by atoms with Gasteiger partial charge in [0.15, 0.2) is 0 Å². The number of nitrogens with zero attached hydrogens (tertiary/aromatic N) is 2. The van der Waals surface area contributed by atoms with Crippen molar-refractivity contribution in [3.8, 4) is 0 Å². The van der Waals surface area contributed by atoms with Gasteiger partial charge in [-0.05, 0) is 18.2 Å². The molecule has 1 aliphatic heterocycles. The summed E-state index contributed by atoms with van der Waals surface area (Å²) in [5.41, 5.74) is 3.14. The minimum Gasteiger partial charge on any atom is -0.324 e. The maximum atomic E-state index is 11.9. The predicted molar refractivity (Wildman–Crippen MR) is 74.2 cm³/mol. The van der Waals surface area contributed by atoms with Gasteiger partial charge in [-0.1, -0.05) is 0 Å². The first-order chi connectivity index (χ1) is 9.63. The Kier molecular flexibility index (Phi) is 3.19. The number of carbonyl (C=O) groups is 3. The van der Waals surface area contributed by atoms with Crippen LogP contribution in [0.1, 0.15) is 12.8 Å². The van der Waals surface area contributed by atoms with E-state index in [1.165, 1.54) is 11.3 Å². The van der Waals surface area contributed by atoms with Crippen molar-refractivity contribution in [3.63, 3.8) is 0 Å². The molecule has 2 aromatic rings. The lowest BCUT2D eigenvalue weighted by atomic mass is 10.3. The Morgan fingerprint density at radius 2 is 2.05 bits per heavy atom. The second kappa shape index (κ2) is 5.01. The maximum Gasteiger partial charge on any atom is 0.244 e. The Bertz CT molecular complexity index is 694. The number of thiazole rings is 1. The van der Waals surface area contributed by atoms with Crippen LogP contribution in [0.4, 0.5) is 5.69 Å². The molecule has 0 aliphatic carbocycles. The molecule has 1 aliphatic rings. The third-order valence-corrected chi connectivity index (χ3v) is 3.88. The molecule has 2 heterocycles. The number of hydrogen-bond acceptors (Lipinski definition) is 5. The molecule has 20 heavy (non-hydrogen) atoms. The largest absolute Gasteiger partial charge is 0.324 e. The molecule has 0 atom stereocenters. The number of rotatable bonds is 3. The Morgan fingerprint density at radius 3 is 2.80 bits per heavy atom. The van der Waals surface area contributed by atoms with Crippen molar-refractivity contribution in [2.45, 2.75) is 12.8 Å². The van der Waals surface area contributed by atoms with Crippen molar-refractivity contribution in [2.24, 2.45) is 0 Å². The van der Waals surface area contributed by atoms with Crippen LogP contribution in [0.25, 0.3) is 10.2 Å². The topological polar surface area (TPSA) is 79.4 Å². The van der Waals surface area contributed by atoms with Crippen LogP contribution in [-0.2, 0) is 14.4 Å². The number of amides is 3. The number of imide groups is 1. The van der Waals surface area contributed by atoms with Gasteiger partial charge in [0, 0.05) is 18.5 Å². The maximum absolute atomic E-state index is 11.9. The van der Waals surface area contributed by atoms with E-state index in [2.05, 4.69) is 10.3 Å². The highest BCUT2D eigenvalue weighted by atomic mass is 32.1. The summed E-state index contributed by atoms with van der Waals surface area (Å²) in [6.45, 7) is -0.229. The highest BCUT2D eigenvalue weighted by molar-refractivity contribution is 7.16. The fraction of sp³-hybridized carbons (Fsp3) is 0.231. The molecule has 1 aromatic carbocycles. The number of benzene rings is 1. The van der Waals surface area contributed by atoms with Crippen LogP contribution in [0.3, 0.4) is 0 Å². The first-order valence-electron chi connectivity index (χ1n) is 6.10. The van der Waals surface area contributed by atoms with Crippen LogP contribution in [-0.4, -0.2) is 34.2 Å². The van der Waals surface area contributed by atoms with Gasteiger partial charge in [-0.3, -0.25) is 19.3 Å². The normalized spacial score (nSPS) is 15.1. The summed E-state index contributed by atoms with van der Waals surface area (Å²) in [6, 6.07) is 5.40. The summed E-state index contributed by atoms with van der Waals surface area (Å²) >= 11 is 1.52. The smallest absolute Gasteiger partial charge is 0.244 e. The predicted octanol–water partition coefficient (Wildman–Crippen LogP) is 1.38. The molecule has 0 saturated carbocycles. The van der Waals surface area contributed by atoms with Crippen LogP contribution in [0.15, 0.2) is 23.7 Å². The average Bonchev–Trinajstić information content (AvgIpc) is 3.00. The van der Waals surface area contributed by atoms with Gasteiger partial charge in [0.1, 0.15) is 6.54 Å². The van der Waals surface area contributed by atoms with E-state index < -0.39 is 0 Å². The van der Waals surface area contributed by atoms with Crippen molar-refractivity contribution in [3.05, 3.63) is 23.7 Å². The molecule has 1 fully saturated rings.